The molecule has 1 aliphatic carbocycles. The number of methoxy groups -OCH3 is 1. The molecular formula is C25H30N2O3. The largest absolute Gasteiger partial charge is 0.497 e. The highest BCUT2D eigenvalue weighted by atomic mass is 16.5. The van der Waals surface area contributed by atoms with Crippen molar-refractivity contribution in [1.29, 1.82) is 0 Å². The molecule has 2 aromatic rings. The van der Waals surface area contributed by atoms with Crippen LogP contribution in [-0.2, 0) is 11.2 Å². The lowest BCUT2D eigenvalue weighted by Gasteiger charge is -2.41. The van der Waals surface area contributed by atoms with Crippen molar-refractivity contribution in [1.82, 2.24) is 4.90 Å². The zero-order valence-corrected chi connectivity index (χ0v) is 17.7. The molecule has 0 aromatic heterocycles. The molecule has 1 saturated carbocycles. The fourth-order valence-corrected chi connectivity index (χ4v) is 4.86. The van der Waals surface area contributed by atoms with Crippen LogP contribution < -0.4 is 14.4 Å². The van der Waals surface area contributed by atoms with E-state index in [0.717, 1.165) is 61.3 Å². The van der Waals surface area contributed by atoms with Crippen molar-refractivity contribution in [2.24, 2.45) is 0 Å². The lowest BCUT2D eigenvalue weighted by Crippen LogP contribution is -2.46. The monoisotopic (exact) mass is 406 g/mol. The predicted octanol–water partition coefficient (Wildman–Crippen LogP) is 4.70. The SMILES string of the molecule is COc1ccc(N2C(=O)CCc3cc(OC4CCN(C5CCC5)CC4)ccc32)cc1. The summed E-state index contributed by atoms with van der Waals surface area (Å²) in [4.78, 5) is 17.2. The van der Waals surface area contributed by atoms with Crippen LogP contribution in [0.4, 0.5) is 11.4 Å². The number of ether oxygens (including phenoxy) is 2. The van der Waals surface area contributed by atoms with Gasteiger partial charge in [-0.05, 0) is 80.1 Å². The second kappa shape index (κ2) is 8.31. The Balaban J connectivity index is 1.29. The van der Waals surface area contributed by atoms with Crippen LogP contribution in [0.25, 0.3) is 0 Å². The van der Waals surface area contributed by atoms with Gasteiger partial charge in [-0.25, -0.2) is 0 Å². The van der Waals surface area contributed by atoms with Gasteiger partial charge in [0.2, 0.25) is 5.91 Å². The van der Waals surface area contributed by atoms with Gasteiger partial charge in [0.25, 0.3) is 0 Å². The molecule has 0 bridgehead atoms. The Morgan fingerprint density at radius 1 is 0.900 bits per heavy atom. The molecule has 5 rings (SSSR count). The highest BCUT2D eigenvalue weighted by Gasteiger charge is 2.30. The van der Waals surface area contributed by atoms with Crippen molar-refractivity contribution >= 4 is 17.3 Å². The molecule has 5 heteroatoms. The molecule has 158 valence electrons. The van der Waals surface area contributed by atoms with Crippen LogP contribution in [0.5, 0.6) is 11.5 Å². The van der Waals surface area contributed by atoms with Crippen LogP contribution in [0.1, 0.15) is 44.1 Å². The fourth-order valence-electron chi connectivity index (χ4n) is 4.86. The van der Waals surface area contributed by atoms with E-state index in [0.29, 0.717) is 12.5 Å². The van der Waals surface area contributed by atoms with Gasteiger partial charge in [-0.3, -0.25) is 9.69 Å². The number of nitrogens with zero attached hydrogens (tertiary/aromatic N) is 2. The van der Waals surface area contributed by atoms with Gasteiger partial charge in [0.15, 0.2) is 0 Å². The number of benzene rings is 2. The van der Waals surface area contributed by atoms with E-state index >= 15 is 0 Å². The summed E-state index contributed by atoms with van der Waals surface area (Å²) < 4.78 is 11.6. The molecule has 5 nitrogen and oxygen atoms in total. The molecule has 2 heterocycles. The highest BCUT2D eigenvalue weighted by molar-refractivity contribution is 6.03. The molecular weight excluding hydrogens is 376 g/mol. The van der Waals surface area contributed by atoms with E-state index in [-0.39, 0.29) is 5.91 Å². The first-order valence-corrected chi connectivity index (χ1v) is 11.2. The number of hydrogen-bond acceptors (Lipinski definition) is 4. The summed E-state index contributed by atoms with van der Waals surface area (Å²) in [5.41, 5.74) is 3.01. The smallest absolute Gasteiger partial charge is 0.231 e. The van der Waals surface area contributed by atoms with Gasteiger partial charge in [-0.1, -0.05) is 6.42 Å². The summed E-state index contributed by atoms with van der Waals surface area (Å²) in [6.07, 6.45) is 7.92. The van der Waals surface area contributed by atoms with Gasteiger partial charge >= 0.3 is 0 Å². The first-order chi connectivity index (χ1) is 14.7. The van der Waals surface area contributed by atoms with E-state index in [1.807, 2.05) is 41.3 Å². The predicted molar refractivity (Wildman–Crippen MR) is 118 cm³/mol. The van der Waals surface area contributed by atoms with E-state index in [1.54, 1.807) is 7.11 Å². The maximum atomic E-state index is 12.7. The van der Waals surface area contributed by atoms with Crippen molar-refractivity contribution in [2.45, 2.75) is 57.1 Å². The summed E-state index contributed by atoms with van der Waals surface area (Å²) >= 11 is 0. The summed E-state index contributed by atoms with van der Waals surface area (Å²) in [5, 5.41) is 0. The number of anilines is 2. The van der Waals surface area contributed by atoms with Crippen molar-refractivity contribution in [2.75, 3.05) is 25.1 Å². The molecule has 2 aromatic carbocycles. The van der Waals surface area contributed by atoms with E-state index in [2.05, 4.69) is 11.0 Å². The van der Waals surface area contributed by atoms with Crippen molar-refractivity contribution in [3.8, 4) is 11.5 Å². The van der Waals surface area contributed by atoms with Gasteiger partial charge in [0.1, 0.15) is 17.6 Å². The summed E-state index contributed by atoms with van der Waals surface area (Å²) in [6.45, 7) is 2.31. The Bertz CT molecular complexity index is 899. The Kier molecular flexibility index (Phi) is 5.38. The van der Waals surface area contributed by atoms with Gasteiger partial charge in [0, 0.05) is 31.2 Å². The topological polar surface area (TPSA) is 42.0 Å². The standard InChI is InChI=1S/C25H30N2O3/c1-29-21-8-6-20(7-9-21)27-24-11-10-23(17-18(24)5-12-25(27)28)30-22-13-15-26(16-14-22)19-3-2-4-19/h6-11,17,19,22H,2-5,12-16H2,1H3. The van der Waals surface area contributed by atoms with Crippen LogP contribution >= 0.6 is 0 Å². The average molecular weight is 407 g/mol. The van der Waals surface area contributed by atoms with Crippen LogP contribution in [0.3, 0.4) is 0 Å². The van der Waals surface area contributed by atoms with Crippen molar-refractivity contribution in [3.05, 3.63) is 48.0 Å². The van der Waals surface area contributed by atoms with E-state index in [1.165, 1.54) is 24.8 Å². The number of carbonyl (C=O) groups is 1. The Hall–Kier alpha value is -2.53. The molecule has 0 atom stereocenters. The van der Waals surface area contributed by atoms with Gasteiger partial charge in [-0.15, -0.1) is 0 Å². The van der Waals surface area contributed by atoms with Gasteiger partial charge in [-0.2, -0.15) is 0 Å². The third-order valence-electron chi connectivity index (χ3n) is 6.85. The van der Waals surface area contributed by atoms with E-state index in [9.17, 15) is 4.79 Å². The number of aryl methyl sites for hydroxylation is 1. The molecule has 1 saturated heterocycles. The third kappa shape index (κ3) is 3.79. The zero-order valence-electron chi connectivity index (χ0n) is 17.7. The Morgan fingerprint density at radius 3 is 2.30 bits per heavy atom. The number of hydrogen-bond donors (Lipinski definition) is 0. The van der Waals surface area contributed by atoms with Crippen LogP contribution in [0.2, 0.25) is 0 Å². The number of piperidine rings is 1. The van der Waals surface area contributed by atoms with E-state index in [4.69, 9.17) is 9.47 Å². The van der Waals surface area contributed by atoms with Gasteiger partial charge in [0.05, 0.1) is 12.8 Å². The number of rotatable bonds is 5. The molecule has 30 heavy (non-hydrogen) atoms. The molecule has 0 radical (unpaired) electrons. The minimum Gasteiger partial charge on any atom is -0.497 e. The second-order valence-corrected chi connectivity index (χ2v) is 8.66. The maximum Gasteiger partial charge on any atom is 0.231 e. The molecule has 0 spiro atoms. The molecule has 2 fully saturated rings. The van der Waals surface area contributed by atoms with Crippen LogP contribution in [-0.4, -0.2) is 43.2 Å². The fraction of sp³-hybridized carbons (Fsp3) is 0.480. The third-order valence-corrected chi connectivity index (χ3v) is 6.85. The second-order valence-electron chi connectivity index (χ2n) is 8.66. The van der Waals surface area contributed by atoms with Crippen LogP contribution in [0.15, 0.2) is 42.5 Å². The number of likely N-dealkylation sites (tertiary alicyclic amines) is 1. The first kappa shape index (κ1) is 19.4. The number of carbonyl (C=O) groups excluding carboxylic acids is 1. The normalized spacial score (nSPS) is 20.6. The molecule has 3 aliphatic rings. The van der Waals surface area contributed by atoms with E-state index < -0.39 is 0 Å². The lowest BCUT2D eigenvalue weighted by atomic mass is 9.90. The molecule has 1 amide bonds. The quantitative estimate of drug-likeness (QED) is 0.722. The zero-order chi connectivity index (χ0) is 20.5. The Labute approximate surface area is 178 Å². The molecule has 2 aliphatic heterocycles. The molecule has 0 unspecified atom stereocenters. The van der Waals surface area contributed by atoms with Gasteiger partial charge < -0.3 is 14.4 Å². The van der Waals surface area contributed by atoms with Crippen LogP contribution in [0, 0.1) is 0 Å². The Morgan fingerprint density at radius 2 is 1.63 bits per heavy atom. The average Bonchev–Trinajstić information content (AvgIpc) is 2.74. The van der Waals surface area contributed by atoms with Crippen molar-refractivity contribution in [3.63, 3.8) is 0 Å². The minimum atomic E-state index is 0.129. The first-order valence-electron chi connectivity index (χ1n) is 11.2. The summed E-state index contributed by atoms with van der Waals surface area (Å²) in [5.74, 6) is 1.85. The summed E-state index contributed by atoms with van der Waals surface area (Å²) in [6, 6.07) is 14.7. The number of amides is 1. The highest BCUT2D eigenvalue weighted by Crippen LogP contribution is 2.37. The lowest BCUT2D eigenvalue weighted by molar-refractivity contribution is -0.118. The maximum absolute atomic E-state index is 12.7. The number of fused-ring (bicyclic) bond motifs is 1. The van der Waals surface area contributed by atoms with Crippen molar-refractivity contribution < 1.29 is 14.3 Å². The molecule has 0 N–H and O–H groups in total. The minimum absolute atomic E-state index is 0.129. The summed E-state index contributed by atoms with van der Waals surface area (Å²) in [7, 11) is 1.65.